The van der Waals surface area contributed by atoms with Crippen molar-refractivity contribution in [3.05, 3.63) is 0 Å². The number of hydrogen-bond acceptors (Lipinski definition) is 1. The molecule has 1 spiro atoms. The second-order valence-electron chi connectivity index (χ2n) is 4.90. The molecule has 11 heavy (non-hydrogen) atoms. The van der Waals surface area contributed by atoms with Gasteiger partial charge in [-0.2, -0.15) is 0 Å². The number of rotatable bonds is 2. The van der Waals surface area contributed by atoms with Gasteiger partial charge in [-0.3, -0.25) is 0 Å². The van der Waals surface area contributed by atoms with Gasteiger partial charge in [0, 0.05) is 0 Å². The Labute approximate surface area is 67.8 Å². The molecule has 0 saturated heterocycles. The molecule has 1 nitrogen and oxygen atoms in total. The van der Waals surface area contributed by atoms with Crippen LogP contribution in [0.2, 0.25) is 0 Å². The fourth-order valence-corrected chi connectivity index (χ4v) is 2.73. The highest BCUT2D eigenvalue weighted by Crippen LogP contribution is 2.72. The van der Waals surface area contributed by atoms with Gasteiger partial charge in [-0.15, -0.1) is 0 Å². The third-order valence-electron chi connectivity index (χ3n) is 4.22. The molecule has 3 aliphatic rings. The zero-order chi connectivity index (χ0) is 7.47. The third-order valence-corrected chi connectivity index (χ3v) is 4.22. The van der Waals surface area contributed by atoms with Crippen LogP contribution in [0.1, 0.15) is 38.5 Å². The monoisotopic (exact) mass is 152 g/mol. The van der Waals surface area contributed by atoms with Gasteiger partial charge in [0.2, 0.25) is 0 Å². The van der Waals surface area contributed by atoms with E-state index in [4.69, 9.17) is 0 Å². The summed E-state index contributed by atoms with van der Waals surface area (Å²) in [6, 6.07) is 0. The molecular formula is C10H16O. The molecule has 3 fully saturated rings. The fourth-order valence-electron chi connectivity index (χ4n) is 2.73. The Kier molecular flexibility index (Phi) is 1.07. The Morgan fingerprint density at radius 2 is 2.09 bits per heavy atom. The van der Waals surface area contributed by atoms with Crippen molar-refractivity contribution in [2.45, 2.75) is 44.6 Å². The lowest BCUT2D eigenvalue weighted by Crippen LogP contribution is -2.31. The third kappa shape index (κ3) is 0.868. The van der Waals surface area contributed by atoms with Gasteiger partial charge in [0.05, 0.1) is 6.10 Å². The highest BCUT2D eigenvalue weighted by molar-refractivity contribution is 5.12. The highest BCUT2D eigenvalue weighted by Gasteiger charge is 2.62. The van der Waals surface area contributed by atoms with E-state index in [-0.39, 0.29) is 6.10 Å². The minimum absolute atomic E-state index is 0.0754. The van der Waals surface area contributed by atoms with Gasteiger partial charge in [0.25, 0.3) is 0 Å². The van der Waals surface area contributed by atoms with Crippen LogP contribution in [-0.4, -0.2) is 11.2 Å². The summed E-state index contributed by atoms with van der Waals surface area (Å²) in [4.78, 5) is 0. The molecule has 0 heterocycles. The first-order valence-corrected chi connectivity index (χ1v) is 4.98. The zero-order valence-corrected chi connectivity index (χ0v) is 6.92. The summed E-state index contributed by atoms with van der Waals surface area (Å²) >= 11 is 0. The van der Waals surface area contributed by atoms with E-state index in [1.54, 1.807) is 0 Å². The van der Waals surface area contributed by atoms with Gasteiger partial charge < -0.3 is 5.11 Å². The van der Waals surface area contributed by atoms with Crippen molar-refractivity contribution in [2.24, 2.45) is 17.3 Å². The van der Waals surface area contributed by atoms with Gasteiger partial charge in [0.15, 0.2) is 0 Å². The predicted molar refractivity (Wildman–Crippen MR) is 43.1 cm³/mol. The smallest absolute Gasteiger partial charge is 0.0568 e. The molecule has 0 aromatic carbocycles. The topological polar surface area (TPSA) is 20.2 Å². The normalized spacial score (nSPS) is 50.5. The molecule has 3 saturated carbocycles. The van der Waals surface area contributed by atoms with E-state index >= 15 is 0 Å². The van der Waals surface area contributed by atoms with Gasteiger partial charge in [-0.05, 0) is 55.8 Å². The van der Waals surface area contributed by atoms with Gasteiger partial charge >= 0.3 is 0 Å². The molecule has 3 aliphatic carbocycles. The van der Waals surface area contributed by atoms with Crippen LogP contribution in [0.15, 0.2) is 0 Å². The lowest BCUT2D eigenvalue weighted by atomic mass is 9.78. The summed E-state index contributed by atoms with van der Waals surface area (Å²) in [5.41, 5.74) is 0.856. The fraction of sp³-hybridized carbons (Fsp3) is 1.00. The quantitative estimate of drug-likeness (QED) is 0.641. The summed E-state index contributed by atoms with van der Waals surface area (Å²) in [6.45, 7) is 0. The van der Waals surface area contributed by atoms with Gasteiger partial charge in [-0.1, -0.05) is 0 Å². The zero-order valence-electron chi connectivity index (χ0n) is 6.92. The van der Waals surface area contributed by atoms with E-state index in [1.807, 2.05) is 0 Å². The minimum atomic E-state index is 0.0754. The van der Waals surface area contributed by atoms with E-state index in [1.165, 1.54) is 32.1 Å². The molecular weight excluding hydrogens is 136 g/mol. The van der Waals surface area contributed by atoms with Crippen molar-refractivity contribution in [2.75, 3.05) is 0 Å². The maximum absolute atomic E-state index is 9.37. The Bertz CT molecular complexity index is 183. The SMILES string of the molecule is OC1CCC1CC1CC12CC2. The Balaban J connectivity index is 1.52. The lowest BCUT2D eigenvalue weighted by Gasteiger charge is -2.32. The molecule has 0 aromatic rings. The molecule has 3 atom stereocenters. The summed E-state index contributed by atoms with van der Waals surface area (Å²) in [5.74, 6) is 1.72. The number of aliphatic hydroxyl groups is 1. The first kappa shape index (κ1) is 6.47. The summed E-state index contributed by atoms with van der Waals surface area (Å²) in [7, 11) is 0. The van der Waals surface area contributed by atoms with Crippen LogP contribution < -0.4 is 0 Å². The first-order valence-electron chi connectivity index (χ1n) is 4.98. The van der Waals surface area contributed by atoms with E-state index < -0.39 is 0 Å². The maximum atomic E-state index is 9.37. The van der Waals surface area contributed by atoms with Crippen LogP contribution in [0, 0.1) is 17.3 Å². The number of hydrogen-bond donors (Lipinski definition) is 1. The average Bonchev–Trinajstić information content (AvgIpc) is 2.87. The standard InChI is InChI=1S/C10H16O/c11-9-2-1-7(9)5-8-6-10(8)3-4-10/h7-9,11H,1-6H2. The predicted octanol–water partition coefficient (Wildman–Crippen LogP) is 1.95. The van der Waals surface area contributed by atoms with Crippen molar-refractivity contribution in [1.29, 1.82) is 0 Å². The van der Waals surface area contributed by atoms with E-state index in [0.717, 1.165) is 17.8 Å². The molecule has 0 aliphatic heterocycles. The average molecular weight is 152 g/mol. The number of aliphatic hydroxyl groups excluding tert-OH is 1. The van der Waals surface area contributed by atoms with Crippen molar-refractivity contribution in [1.82, 2.24) is 0 Å². The first-order chi connectivity index (χ1) is 5.30. The van der Waals surface area contributed by atoms with E-state index in [0.29, 0.717) is 5.92 Å². The van der Waals surface area contributed by atoms with Crippen molar-refractivity contribution >= 4 is 0 Å². The summed E-state index contributed by atoms with van der Waals surface area (Å²) in [6.07, 6.45) is 8.29. The molecule has 0 amide bonds. The lowest BCUT2D eigenvalue weighted by molar-refractivity contribution is 0.0155. The largest absolute Gasteiger partial charge is 0.393 e. The maximum Gasteiger partial charge on any atom is 0.0568 e. The minimum Gasteiger partial charge on any atom is -0.393 e. The molecule has 0 radical (unpaired) electrons. The van der Waals surface area contributed by atoms with Crippen LogP contribution in [0.3, 0.4) is 0 Å². The van der Waals surface area contributed by atoms with Crippen molar-refractivity contribution in [3.63, 3.8) is 0 Å². The Hall–Kier alpha value is -0.0400. The van der Waals surface area contributed by atoms with E-state index in [2.05, 4.69) is 0 Å². The molecule has 3 unspecified atom stereocenters. The second-order valence-corrected chi connectivity index (χ2v) is 4.90. The molecule has 1 heteroatoms. The van der Waals surface area contributed by atoms with E-state index in [9.17, 15) is 5.11 Å². The second kappa shape index (κ2) is 1.82. The molecule has 0 bridgehead atoms. The molecule has 0 aromatic heterocycles. The molecule has 62 valence electrons. The van der Waals surface area contributed by atoms with Gasteiger partial charge in [0.1, 0.15) is 0 Å². The molecule has 3 rings (SSSR count). The molecule has 1 N–H and O–H groups in total. The van der Waals surface area contributed by atoms with Gasteiger partial charge in [-0.25, -0.2) is 0 Å². The van der Waals surface area contributed by atoms with Crippen LogP contribution >= 0.6 is 0 Å². The summed E-state index contributed by atoms with van der Waals surface area (Å²) < 4.78 is 0. The van der Waals surface area contributed by atoms with Crippen molar-refractivity contribution in [3.8, 4) is 0 Å². The van der Waals surface area contributed by atoms with Crippen LogP contribution in [0.25, 0.3) is 0 Å². The van der Waals surface area contributed by atoms with Crippen LogP contribution in [-0.2, 0) is 0 Å². The van der Waals surface area contributed by atoms with Crippen molar-refractivity contribution < 1.29 is 5.11 Å². The highest BCUT2D eigenvalue weighted by atomic mass is 16.3. The summed E-state index contributed by atoms with van der Waals surface area (Å²) in [5, 5.41) is 9.37. The Morgan fingerprint density at radius 1 is 1.27 bits per heavy atom. The van der Waals surface area contributed by atoms with Crippen LogP contribution in [0.4, 0.5) is 0 Å². The van der Waals surface area contributed by atoms with Crippen LogP contribution in [0.5, 0.6) is 0 Å². The Morgan fingerprint density at radius 3 is 2.45 bits per heavy atom.